The Morgan fingerprint density at radius 3 is 2.45 bits per heavy atom. The Hall–Kier alpha value is -3.64. The van der Waals surface area contributed by atoms with Gasteiger partial charge in [0.2, 0.25) is 5.91 Å². The molecule has 1 aromatic heterocycles. The number of para-hydroxylation sites is 1. The number of rotatable bonds is 6. The van der Waals surface area contributed by atoms with Crippen LogP contribution in [-0.4, -0.2) is 35.8 Å². The van der Waals surface area contributed by atoms with E-state index in [-0.39, 0.29) is 29.1 Å². The minimum Gasteiger partial charge on any atom is -0.354 e. The Labute approximate surface area is 196 Å². The van der Waals surface area contributed by atoms with E-state index in [1.807, 2.05) is 24.3 Å². The molecule has 0 saturated heterocycles. The lowest BCUT2D eigenvalue weighted by molar-refractivity contribution is -0.116. The van der Waals surface area contributed by atoms with Crippen LogP contribution in [0.25, 0.3) is 22.2 Å². The fourth-order valence-corrected chi connectivity index (χ4v) is 4.05. The summed E-state index contributed by atoms with van der Waals surface area (Å²) < 4.78 is 13.4. The van der Waals surface area contributed by atoms with Crippen LogP contribution >= 0.6 is 11.6 Å². The van der Waals surface area contributed by atoms with Gasteiger partial charge in [-0.2, -0.15) is 0 Å². The average molecular weight is 464 g/mol. The maximum absolute atomic E-state index is 13.4. The highest BCUT2D eigenvalue weighted by Crippen LogP contribution is 2.31. The van der Waals surface area contributed by atoms with Gasteiger partial charge in [0.1, 0.15) is 5.82 Å². The summed E-state index contributed by atoms with van der Waals surface area (Å²) in [4.78, 5) is 29.7. The van der Waals surface area contributed by atoms with Gasteiger partial charge < -0.3 is 15.2 Å². The first-order valence-electron chi connectivity index (χ1n) is 10.5. The van der Waals surface area contributed by atoms with Crippen LogP contribution in [0.3, 0.4) is 0 Å². The van der Waals surface area contributed by atoms with Gasteiger partial charge in [0, 0.05) is 42.8 Å². The number of carbonyl (C=O) groups is 2. The predicted molar refractivity (Wildman–Crippen MR) is 130 cm³/mol. The van der Waals surface area contributed by atoms with Gasteiger partial charge in [0.25, 0.3) is 5.91 Å². The number of benzene rings is 3. The molecule has 0 radical (unpaired) electrons. The summed E-state index contributed by atoms with van der Waals surface area (Å²) in [6, 6.07) is 19.0. The van der Waals surface area contributed by atoms with Gasteiger partial charge in [0.05, 0.1) is 10.6 Å². The quantitative estimate of drug-likeness (QED) is 0.374. The summed E-state index contributed by atoms with van der Waals surface area (Å²) >= 11 is 6.25. The van der Waals surface area contributed by atoms with Crippen molar-refractivity contribution in [1.82, 2.24) is 9.88 Å². The van der Waals surface area contributed by atoms with Crippen LogP contribution in [0.4, 0.5) is 10.1 Å². The minimum atomic E-state index is -0.298. The maximum Gasteiger partial charge on any atom is 0.254 e. The summed E-state index contributed by atoms with van der Waals surface area (Å²) in [6.45, 7) is 0. The van der Waals surface area contributed by atoms with Crippen molar-refractivity contribution in [3.05, 3.63) is 88.7 Å². The van der Waals surface area contributed by atoms with Gasteiger partial charge in [-0.1, -0.05) is 29.8 Å². The molecule has 0 aliphatic heterocycles. The van der Waals surface area contributed by atoms with Crippen LogP contribution in [-0.2, 0) is 11.2 Å². The molecule has 5 nitrogen and oxygen atoms in total. The molecule has 0 unspecified atom stereocenters. The molecule has 168 valence electrons. The molecule has 2 N–H and O–H groups in total. The highest BCUT2D eigenvalue weighted by atomic mass is 35.5. The third-order valence-electron chi connectivity index (χ3n) is 5.44. The number of H-pyrrole nitrogens is 1. The first-order valence-corrected chi connectivity index (χ1v) is 10.9. The third-order valence-corrected chi connectivity index (χ3v) is 5.75. The number of nitrogens with one attached hydrogen (secondary N) is 2. The van der Waals surface area contributed by atoms with E-state index in [4.69, 9.17) is 11.6 Å². The molecule has 4 aromatic rings. The van der Waals surface area contributed by atoms with Crippen molar-refractivity contribution >= 4 is 40.0 Å². The van der Waals surface area contributed by atoms with Gasteiger partial charge >= 0.3 is 0 Å². The Bertz CT molecular complexity index is 1330. The second-order valence-corrected chi connectivity index (χ2v) is 8.38. The second-order valence-electron chi connectivity index (χ2n) is 7.97. The van der Waals surface area contributed by atoms with E-state index >= 15 is 0 Å². The summed E-state index contributed by atoms with van der Waals surface area (Å²) in [7, 11) is 3.30. The van der Waals surface area contributed by atoms with Gasteiger partial charge in [-0.25, -0.2) is 4.39 Å². The third kappa shape index (κ3) is 4.91. The van der Waals surface area contributed by atoms with Gasteiger partial charge in [0.15, 0.2) is 0 Å². The molecule has 33 heavy (non-hydrogen) atoms. The van der Waals surface area contributed by atoms with Gasteiger partial charge in [-0.15, -0.1) is 0 Å². The molecular formula is C26H23ClFN3O2. The normalized spacial score (nSPS) is 10.9. The van der Waals surface area contributed by atoms with E-state index < -0.39 is 0 Å². The van der Waals surface area contributed by atoms with Crippen LogP contribution < -0.4 is 5.32 Å². The van der Waals surface area contributed by atoms with Crippen molar-refractivity contribution in [2.45, 2.75) is 12.8 Å². The first kappa shape index (κ1) is 22.6. The summed E-state index contributed by atoms with van der Waals surface area (Å²) in [5.74, 6) is -0.675. The van der Waals surface area contributed by atoms with E-state index in [2.05, 4.69) is 10.3 Å². The SMILES string of the molecule is CN(C)C(=O)c1ccc(NC(=O)CCc2c(-c3ccc(F)cc3)[nH]c3ccccc23)cc1Cl. The van der Waals surface area contributed by atoms with Crippen molar-refractivity contribution in [1.29, 1.82) is 0 Å². The topological polar surface area (TPSA) is 65.2 Å². The molecule has 1 heterocycles. The molecule has 2 amide bonds. The van der Waals surface area contributed by atoms with E-state index in [1.54, 1.807) is 44.4 Å². The molecule has 0 spiro atoms. The molecule has 0 aliphatic rings. The zero-order valence-electron chi connectivity index (χ0n) is 18.3. The molecule has 0 saturated carbocycles. The fraction of sp³-hybridized carbons (Fsp3) is 0.154. The number of hydrogen-bond acceptors (Lipinski definition) is 2. The van der Waals surface area contributed by atoms with Crippen LogP contribution in [0.15, 0.2) is 66.7 Å². The van der Waals surface area contributed by atoms with Crippen LogP contribution in [0.2, 0.25) is 5.02 Å². The first-order chi connectivity index (χ1) is 15.8. The maximum atomic E-state index is 13.4. The molecule has 0 atom stereocenters. The Balaban J connectivity index is 1.52. The zero-order chi connectivity index (χ0) is 23.5. The highest BCUT2D eigenvalue weighted by Gasteiger charge is 2.16. The lowest BCUT2D eigenvalue weighted by Crippen LogP contribution is -2.22. The van der Waals surface area contributed by atoms with Gasteiger partial charge in [-0.3, -0.25) is 9.59 Å². The molecule has 4 rings (SSSR count). The molecule has 0 fully saturated rings. The number of aromatic nitrogens is 1. The summed E-state index contributed by atoms with van der Waals surface area (Å²) in [5, 5.41) is 4.15. The Kier molecular flexibility index (Phi) is 6.47. The number of aryl methyl sites for hydroxylation is 1. The number of fused-ring (bicyclic) bond motifs is 1. The number of carbonyl (C=O) groups excluding carboxylic acids is 2. The van der Waals surface area contributed by atoms with E-state index in [1.165, 1.54) is 17.0 Å². The van der Waals surface area contributed by atoms with E-state index in [0.717, 1.165) is 27.7 Å². The molecule has 3 aromatic carbocycles. The highest BCUT2D eigenvalue weighted by molar-refractivity contribution is 6.34. The van der Waals surface area contributed by atoms with Crippen molar-refractivity contribution < 1.29 is 14.0 Å². The number of hydrogen-bond donors (Lipinski definition) is 2. The molecule has 7 heteroatoms. The van der Waals surface area contributed by atoms with Crippen molar-refractivity contribution in [3.8, 4) is 11.3 Å². The number of aromatic amines is 1. The van der Waals surface area contributed by atoms with Gasteiger partial charge in [-0.05, 0) is 66.1 Å². The molecule has 0 aliphatic carbocycles. The monoisotopic (exact) mass is 463 g/mol. The number of nitrogens with zero attached hydrogens (tertiary/aromatic N) is 1. The van der Waals surface area contributed by atoms with E-state index in [9.17, 15) is 14.0 Å². The lowest BCUT2D eigenvalue weighted by Gasteiger charge is -2.13. The Morgan fingerprint density at radius 1 is 1.03 bits per heavy atom. The number of amides is 2. The average Bonchev–Trinajstić information content (AvgIpc) is 3.16. The standard InChI is InChI=1S/C26H23ClFN3O2/c1-31(2)26(33)21-12-11-18(15-22(21)27)29-24(32)14-13-20-19-5-3-4-6-23(19)30-25(20)16-7-9-17(28)10-8-16/h3-12,15,30H,13-14H2,1-2H3,(H,29,32). The van der Waals surface area contributed by atoms with E-state index in [0.29, 0.717) is 17.7 Å². The zero-order valence-corrected chi connectivity index (χ0v) is 19.0. The summed E-state index contributed by atoms with van der Waals surface area (Å²) in [6.07, 6.45) is 0.736. The van der Waals surface area contributed by atoms with Crippen molar-refractivity contribution in [2.75, 3.05) is 19.4 Å². The van der Waals surface area contributed by atoms with Crippen LogP contribution in [0.1, 0.15) is 22.3 Å². The smallest absolute Gasteiger partial charge is 0.254 e. The Morgan fingerprint density at radius 2 is 1.76 bits per heavy atom. The van der Waals surface area contributed by atoms with Crippen LogP contribution in [0, 0.1) is 5.82 Å². The van der Waals surface area contributed by atoms with Crippen LogP contribution in [0.5, 0.6) is 0 Å². The van der Waals surface area contributed by atoms with Crippen molar-refractivity contribution in [2.24, 2.45) is 0 Å². The summed E-state index contributed by atoms with van der Waals surface area (Å²) in [5.41, 5.74) is 4.59. The minimum absolute atomic E-state index is 0.173. The second kappa shape index (κ2) is 9.46. The predicted octanol–water partition coefficient (Wildman–Crippen LogP) is 5.90. The largest absolute Gasteiger partial charge is 0.354 e. The number of halogens is 2. The molecular weight excluding hydrogens is 441 g/mol. The fourth-order valence-electron chi connectivity index (χ4n) is 3.79. The lowest BCUT2D eigenvalue weighted by atomic mass is 10.0. The van der Waals surface area contributed by atoms with Crippen molar-refractivity contribution in [3.63, 3.8) is 0 Å². The molecule has 0 bridgehead atoms. The number of anilines is 1.